The van der Waals surface area contributed by atoms with Crippen LogP contribution >= 0.6 is 0 Å². The molecule has 222 valence electrons. The molecule has 2 amide bonds. The molecule has 0 spiro atoms. The van der Waals surface area contributed by atoms with Gasteiger partial charge >= 0.3 is 12.0 Å². The summed E-state index contributed by atoms with van der Waals surface area (Å²) in [6.07, 6.45) is 2.87. The van der Waals surface area contributed by atoms with E-state index in [-0.39, 0.29) is 18.2 Å². The molecule has 2 aliphatic heterocycles. The Kier molecular flexibility index (Phi) is 7.96. The summed E-state index contributed by atoms with van der Waals surface area (Å²) in [6, 6.07) is 13.0. The molecule has 4 heterocycles. The number of amides is 2. The molecule has 2 aliphatic rings. The van der Waals surface area contributed by atoms with E-state index in [4.69, 9.17) is 18.9 Å². The van der Waals surface area contributed by atoms with E-state index < -0.39 is 54.2 Å². The minimum atomic E-state index is -1.45. The second-order valence-corrected chi connectivity index (χ2v) is 9.66. The highest BCUT2D eigenvalue weighted by Crippen LogP contribution is 2.41. The molecule has 0 saturated carbocycles. The Morgan fingerprint density at radius 3 is 2.67 bits per heavy atom. The average molecular weight is 591 g/mol. The second-order valence-electron chi connectivity index (χ2n) is 9.66. The molecule has 2 saturated heterocycles. The van der Waals surface area contributed by atoms with Crippen molar-refractivity contribution in [3.05, 3.63) is 84.2 Å². The van der Waals surface area contributed by atoms with Crippen molar-refractivity contribution in [1.29, 1.82) is 0 Å². The summed E-state index contributed by atoms with van der Waals surface area (Å²) in [6.45, 7) is 2.06. The monoisotopic (exact) mass is 590 g/mol. The van der Waals surface area contributed by atoms with Crippen LogP contribution in [-0.4, -0.2) is 74.4 Å². The first-order valence-electron chi connectivity index (χ1n) is 13.5. The van der Waals surface area contributed by atoms with Crippen LogP contribution in [0.5, 0.6) is 5.75 Å². The van der Waals surface area contributed by atoms with Crippen molar-refractivity contribution in [2.45, 2.75) is 37.8 Å². The molecule has 14 heteroatoms. The van der Waals surface area contributed by atoms with Gasteiger partial charge in [-0.2, -0.15) is 0 Å². The number of urea groups is 1. The third kappa shape index (κ3) is 5.75. The van der Waals surface area contributed by atoms with Crippen molar-refractivity contribution in [2.75, 3.05) is 18.5 Å². The van der Waals surface area contributed by atoms with E-state index >= 15 is 0 Å². The van der Waals surface area contributed by atoms with E-state index in [0.29, 0.717) is 17.7 Å². The van der Waals surface area contributed by atoms with E-state index in [1.807, 2.05) is 36.4 Å². The number of halogens is 1. The van der Waals surface area contributed by atoms with Crippen LogP contribution in [0.15, 0.2) is 67.3 Å². The zero-order chi connectivity index (χ0) is 29.9. The van der Waals surface area contributed by atoms with Crippen LogP contribution in [0, 0.1) is 5.82 Å². The zero-order valence-corrected chi connectivity index (χ0v) is 22.8. The fourth-order valence-corrected chi connectivity index (χ4v) is 5.01. The quantitative estimate of drug-likeness (QED) is 0.263. The van der Waals surface area contributed by atoms with Gasteiger partial charge in [0.25, 0.3) is 0 Å². The Hall–Kier alpha value is -4.92. The number of aromatic nitrogens is 4. The number of rotatable bonds is 9. The van der Waals surface area contributed by atoms with Gasteiger partial charge in [-0.1, -0.05) is 42.5 Å². The van der Waals surface area contributed by atoms with Crippen LogP contribution in [0.25, 0.3) is 17.2 Å². The van der Waals surface area contributed by atoms with E-state index in [0.717, 1.165) is 11.6 Å². The Balaban J connectivity index is 1.28. The molecule has 0 aliphatic carbocycles. The Labute approximate surface area is 244 Å². The molecular weight excluding hydrogens is 563 g/mol. The zero-order valence-electron chi connectivity index (χ0n) is 22.8. The standard InChI is InChI=1S/C29H27FN6O7/c1-2-31-29(39)35-25-22-26(33-14-32-25)36(15-34-22)27-24-23(42-20(43-24)12-11-16-7-4-3-5-8-16)19(41-27)13-40-18-10-6-9-17(30)21(18)28(37)38/h3-12,14-15,19-20,23-24,27H,2,13H2,1H3,(H,37,38)(H2,31,32,33,35,39)/b12-11+. The van der Waals surface area contributed by atoms with E-state index in [9.17, 15) is 19.1 Å². The predicted octanol–water partition coefficient (Wildman–Crippen LogP) is 3.60. The van der Waals surface area contributed by atoms with Gasteiger partial charge in [-0.05, 0) is 30.7 Å². The Morgan fingerprint density at radius 2 is 1.88 bits per heavy atom. The van der Waals surface area contributed by atoms with Crippen molar-refractivity contribution in [3.8, 4) is 5.75 Å². The van der Waals surface area contributed by atoms with Crippen molar-refractivity contribution < 1.29 is 38.0 Å². The highest BCUT2D eigenvalue weighted by molar-refractivity contribution is 5.95. The maximum atomic E-state index is 14.2. The number of anilines is 1. The van der Waals surface area contributed by atoms with Crippen molar-refractivity contribution >= 4 is 35.1 Å². The number of benzene rings is 2. The normalized spacial score (nSPS) is 23.0. The number of fused-ring (bicyclic) bond motifs is 2. The fraction of sp³-hybridized carbons (Fsp3) is 0.276. The molecule has 13 nitrogen and oxygen atoms in total. The minimum Gasteiger partial charge on any atom is -0.490 e. The van der Waals surface area contributed by atoms with Gasteiger partial charge in [0.15, 0.2) is 29.5 Å². The van der Waals surface area contributed by atoms with Crippen LogP contribution in [0.2, 0.25) is 0 Å². The summed E-state index contributed by atoms with van der Waals surface area (Å²) in [7, 11) is 0. The molecular formula is C29H27FN6O7. The lowest BCUT2D eigenvalue weighted by Gasteiger charge is -2.21. The molecule has 2 fully saturated rings. The molecule has 0 bridgehead atoms. The molecule has 2 aromatic carbocycles. The molecule has 2 aromatic heterocycles. The van der Waals surface area contributed by atoms with Crippen LogP contribution in [0.4, 0.5) is 15.0 Å². The molecule has 6 rings (SSSR count). The third-order valence-electron chi connectivity index (χ3n) is 6.91. The summed E-state index contributed by atoms with van der Waals surface area (Å²) in [5.41, 5.74) is 1.08. The summed E-state index contributed by atoms with van der Waals surface area (Å²) in [4.78, 5) is 36.7. The highest BCUT2D eigenvalue weighted by atomic mass is 19.1. The smallest absolute Gasteiger partial charge is 0.342 e. The van der Waals surface area contributed by atoms with Gasteiger partial charge in [0.2, 0.25) is 0 Å². The lowest BCUT2D eigenvalue weighted by molar-refractivity contribution is -0.131. The third-order valence-corrected chi connectivity index (χ3v) is 6.91. The molecule has 5 unspecified atom stereocenters. The number of aromatic carboxylic acids is 1. The van der Waals surface area contributed by atoms with Crippen molar-refractivity contribution in [1.82, 2.24) is 24.8 Å². The molecule has 4 aromatic rings. The van der Waals surface area contributed by atoms with E-state index in [2.05, 4.69) is 25.6 Å². The number of nitrogens with zero attached hydrogens (tertiary/aromatic N) is 4. The summed E-state index contributed by atoms with van der Waals surface area (Å²) in [5.74, 6) is -2.30. The minimum absolute atomic E-state index is 0.141. The fourth-order valence-electron chi connectivity index (χ4n) is 5.01. The first-order valence-corrected chi connectivity index (χ1v) is 13.5. The predicted molar refractivity (Wildman–Crippen MR) is 150 cm³/mol. The van der Waals surface area contributed by atoms with Crippen LogP contribution in [0.1, 0.15) is 29.1 Å². The topological polar surface area (TPSA) is 159 Å². The van der Waals surface area contributed by atoms with Gasteiger partial charge in [0, 0.05) is 6.54 Å². The lowest BCUT2D eigenvalue weighted by atomic mass is 10.1. The number of hydrogen-bond acceptors (Lipinski definition) is 9. The summed E-state index contributed by atoms with van der Waals surface area (Å²) < 4.78 is 40.5. The van der Waals surface area contributed by atoms with Gasteiger partial charge in [0.05, 0.1) is 6.33 Å². The molecule has 3 N–H and O–H groups in total. The first-order chi connectivity index (χ1) is 20.9. The van der Waals surface area contributed by atoms with Crippen LogP contribution < -0.4 is 15.4 Å². The summed E-state index contributed by atoms with van der Waals surface area (Å²) in [5, 5.41) is 14.8. The van der Waals surface area contributed by atoms with Crippen molar-refractivity contribution in [2.24, 2.45) is 0 Å². The number of hydrogen-bond donors (Lipinski definition) is 3. The van der Waals surface area contributed by atoms with Gasteiger partial charge in [0.1, 0.15) is 48.4 Å². The van der Waals surface area contributed by atoms with Gasteiger partial charge in [-0.3, -0.25) is 9.88 Å². The summed E-state index contributed by atoms with van der Waals surface area (Å²) >= 11 is 0. The Bertz CT molecular complexity index is 1670. The number of nitrogens with one attached hydrogen (secondary N) is 2. The maximum absolute atomic E-state index is 14.2. The Morgan fingerprint density at radius 1 is 1.07 bits per heavy atom. The maximum Gasteiger partial charge on any atom is 0.342 e. The van der Waals surface area contributed by atoms with E-state index in [1.54, 1.807) is 17.6 Å². The van der Waals surface area contributed by atoms with Gasteiger partial charge in [-0.25, -0.2) is 28.9 Å². The molecule has 43 heavy (non-hydrogen) atoms. The van der Waals surface area contributed by atoms with Gasteiger partial charge < -0.3 is 29.4 Å². The molecule has 5 atom stereocenters. The van der Waals surface area contributed by atoms with Gasteiger partial charge in [-0.15, -0.1) is 0 Å². The average Bonchev–Trinajstić information content (AvgIpc) is 3.70. The number of carboxylic acid groups (broad SMARTS) is 1. The number of imidazole rings is 1. The van der Waals surface area contributed by atoms with E-state index in [1.165, 1.54) is 24.8 Å². The number of carbonyl (C=O) groups is 2. The van der Waals surface area contributed by atoms with Crippen molar-refractivity contribution in [3.63, 3.8) is 0 Å². The SMILES string of the molecule is CCNC(=O)Nc1ncnc2c1ncn2C1OC(COc2cccc(F)c2C(=O)O)C2OC(/C=C/c3ccccc3)OC21. The van der Waals surface area contributed by atoms with Crippen LogP contribution in [0.3, 0.4) is 0 Å². The second kappa shape index (κ2) is 12.1. The number of carboxylic acids is 1. The number of carbonyl (C=O) groups excluding carboxylic acids is 1. The highest BCUT2D eigenvalue weighted by Gasteiger charge is 2.53. The first kappa shape index (κ1) is 28.2. The molecule has 0 radical (unpaired) electrons. The lowest BCUT2D eigenvalue weighted by Crippen LogP contribution is -2.33. The number of ether oxygens (including phenoxy) is 4. The largest absolute Gasteiger partial charge is 0.490 e. The van der Waals surface area contributed by atoms with Crippen LogP contribution in [-0.2, 0) is 14.2 Å².